The number of carbonyl (C=O) groups is 1. The Hall–Kier alpha value is -1.07. The minimum absolute atomic E-state index is 0.171. The average molecular weight is 896 g/mol. The molecule has 9 nitrogen and oxygen atoms in total. The average Bonchev–Trinajstić information content (AvgIpc) is 3.28. The van der Waals surface area contributed by atoms with Gasteiger partial charge in [0.1, 0.15) is 24.4 Å². The largest absolute Gasteiger partial charge is 0.394 e. The van der Waals surface area contributed by atoms with Crippen molar-refractivity contribution in [2.45, 2.75) is 314 Å². The lowest BCUT2D eigenvalue weighted by atomic mass is 9.99. The molecule has 7 atom stereocenters. The van der Waals surface area contributed by atoms with Gasteiger partial charge in [-0.05, 0) is 19.3 Å². The monoisotopic (exact) mass is 896 g/mol. The van der Waals surface area contributed by atoms with Crippen molar-refractivity contribution in [3.05, 3.63) is 12.2 Å². The summed E-state index contributed by atoms with van der Waals surface area (Å²) in [7, 11) is 0. The maximum atomic E-state index is 13.0. The number of hydrogen-bond donors (Lipinski definition) is 6. The van der Waals surface area contributed by atoms with Crippen LogP contribution in [0.1, 0.15) is 271 Å². The first-order valence-corrected chi connectivity index (χ1v) is 27.4. The Labute approximate surface area is 388 Å². The van der Waals surface area contributed by atoms with Gasteiger partial charge in [-0.2, -0.15) is 0 Å². The summed E-state index contributed by atoms with van der Waals surface area (Å²) in [5.74, 6) is -0.171. The second kappa shape index (κ2) is 44.7. The number of aliphatic hydroxyl groups excluding tert-OH is 5. The van der Waals surface area contributed by atoms with Crippen LogP contribution in [0.2, 0.25) is 0 Å². The molecule has 1 fully saturated rings. The van der Waals surface area contributed by atoms with Crippen LogP contribution in [0.5, 0.6) is 0 Å². The van der Waals surface area contributed by atoms with Gasteiger partial charge in [-0.15, -0.1) is 0 Å². The molecule has 0 aliphatic carbocycles. The number of rotatable bonds is 47. The Morgan fingerprint density at radius 1 is 0.524 bits per heavy atom. The van der Waals surface area contributed by atoms with E-state index in [-0.39, 0.29) is 12.5 Å². The highest BCUT2D eigenvalue weighted by atomic mass is 16.7. The van der Waals surface area contributed by atoms with Crippen LogP contribution in [0, 0.1) is 0 Å². The predicted molar refractivity (Wildman–Crippen MR) is 263 cm³/mol. The fourth-order valence-electron chi connectivity index (χ4n) is 8.98. The van der Waals surface area contributed by atoms with Gasteiger partial charge >= 0.3 is 0 Å². The van der Waals surface area contributed by atoms with Gasteiger partial charge in [-0.3, -0.25) is 4.79 Å². The molecule has 0 bridgehead atoms. The molecule has 1 saturated heterocycles. The van der Waals surface area contributed by atoms with Gasteiger partial charge in [-0.1, -0.05) is 257 Å². The van der Waals surface area contributed by atoms with E-state index in [1.165, 1.54) is 212 Å². The number of carbonyl (C=O) groups excluding carboxylic acids is 1. The van der Waals surface area contributed by atoms with Crippen LogP contribution in [-0.2, 0) is 14.3 Å². The van der Waals surface area contributed by atoms with E-state index in [4.69, 9.17) is 9.47 Å². The van der Waals surface area contributed by atoms with Gasteiger partial charge in [0.05, 0.1) is 25.4 Å². The van der Waals surface area contributed by atoms with Crippen LogP contribution in [0.15, 0.2) is 12.2 Å². The summed E-state index contributed by atoms with van der Waals surface area (Å²) in [6, 6.07) is -0.799. The van der Waals surface area contributed by atoms with E-state index in [0.717, 1.165) is 38.5 Å². The third-order valence-electron chi connectivity index (χ3n) is 13.4. The molecule has 6 N–H and O–H groups in total. The highest BCUT2D eigenvalue weighted by Crippen LogP contribution is 2.23. The molecule has 1 amide bonds. The summed E-state index contributed by atoms with van der Waals surface area (Å²) < 4.78 is 11.3. The second-order valence-electron chi connectivity index (χ2n) is 19.4. The number of amides is 1. The topological polar surface area (TPSA) is 149 Å². The van der Waals surface area contributed by atoms with E-state index in [2.05, 4.69) is 19.2 Å². The van der Waals surface area contributed by atoms with Crippen molar-refractivity contribution >= 4 is 5.91 Å². The molecule has 0 aromatic carbocycles. The normalized spacial score (nSPS) is 20.1. The van der Waals surface area contributed by atoms with Gasteiger partial charge in [-0.25, -0.2) is 0 Å². The van der Waals surface area contributed by atoms with Gasteiger partial charge in [0, 0.05) is 6.42 Å². The molecule has 0 aromatic heterocycles. The van der Waals surface area contributed by atoms with E-state index < -0.39 is 49.5 Å². The molecule has 2 unspecified atom stereocenters. The van der Waals surface area contributed by atoms with Crippen molar-refractivity contribution in [1.82, 2.24) is 5.32 Å². The first-order valence-electron chi connectivity index (χ1n) is 27.4. The SMILES string of the molecule is CCCCCCCCCCCCCCCC/C=C/[C@@H](O)[C@H](CO[C@@H]1O[C@H](CO)[C@@H](O)C(O)C1O)NC(=O)CCCCCCCCCCCCCCCCCCCCCCCCCC. The summed E-state index contributed by atoms with van der Waals surface area (Å²) in [5, 5.41) is 54.4. The fourth-order valence-corrected chi connectivity index (χ4v) is 8.98. The van der Waals surface area contributed by atoms with Crippen LogP contribution in [0.4, 0.5) is 0 Å². The highest BCUT2D eigenvalue weighted by Gasteiger charge is 2.44. The lowest BCUT2D eigenvalue weighted by Crippen LogP contribution is -2.60. The van der Waals surface area contributed by atoms with E-state index in [9.17, 15) is 30.3 Å². The molecular formula is C54H105NO8. The summed E-state index contributed by atoms with van der Waals surface area (Å²) in [4.78, 5) is 13.0. The zero-order valence-corrected chi connectivity index (χ0v) is 41.4. The molecule has 1 aliphatic heterocycles. The second-order valence-corrected chi connectivity index (χ2v) is 19.4. The van der Waals surface area contributed by atoms with Crippen molar-refractivity contribution in [3.63, 3.8) is 0 Å². The highest BCUT2D eigenvalue weighted by molar-refractivity contribution is 5.76. The van der Waals surface area contributed by atoms with Gasteiger partial charge in [0.2, 0.25) is 5.91 Å². The zero-order valence-electron chi connectivity index (χ0n) is 41.4. The molecule has 1 rings (SSSR count). The van der Waals surface area contributed by atoms with Crippen LogP contribution >= 0.6 is 0 Å². The lowest BCUT2D eigenvalue weighted by Gasteiger charge is -2.40. The lowest BCUT2D eigenvalue weighted by molar-refractivity contribution is -0.302. The molecule has 0 spiro atoms. The predicted octanol–water partition coefficient (Wildman–Crippen LogP) is 12.8. The van der Waals surface area contributed by atoms with Crippen molar-refractivity contribution in [3.8, 4) is 0 Å². The standard InChI is InChI=1S/C54H105NO8/c1-3-5-7-9-11-13-15-17-19-21-22-23-24-25-26-27-28-30-32-34-36-38-40-42-44-50(58)55-47(46-62-54-53(61)52(60)51(59)49(45-56)63-54)48(57)43-41-39-37-35-33-31-29-20-18-16-14-12-10-8-6-4-2/h41,43,47-49,51-54,56-57,59-61H,3-40,42,44-46H2,1-2H3,(H,55,58)/b43-41+/t47-,48+,49+,51+,52?,53?,54+/m0/s1. The van der Waals surface area contributed by atoms with Crippen LogP contribution < -0.4 is 5.32 Å². The molecule has 1 heterocycles. The number of aliphatic hydroxyl groups is 5. The smallest absolute Gasteiger partial charge is 0.220 e. The summed E-state index contributed by atoms with van der Waals surface area (Å²) in [5.41, 5.74) is 0. The molecule has 1 aliphatic rings. The summed E-state index contributed by atoms with van der Waals surface area (Å²) >= 11 is 0. The quantitative estimate of drug-likeness (QED) is 0.0261. The number of hydrogen-bond acceptors (Lipinski definition) is 8. The summed E-state index contributed by atoms with van der Waals surface area (Å²) in [6.45, 7) is 3.81. The van der Waals surface area contributed by atoms with E-state index >= 15 is 0 Å². The maximum Gasteiger partial charge on any atom is 0.220 e. The van der Waals surface area contributed by atoms with Crippen LogP contribution in [-0.4, -0.2) is 87.5 Å². The Balaban J connectivity index is 2.22. The zero-order chi connectivity index (χ0) is 45.9. The number of unbranched alkanes of at least 4 members (excludes halogenated alkanes) is 37. The van der Waals surface area contributed by atoms with Crippen molar-refractivity contribution in [2.24, 2.45) is 0 Å². The number of nitrogens with one attached hydrogen (secondary N) is 1. The van der Waals surface area contributed by atoms with Crippen molar-refractivity contribution in [2.75, 3.05) is 13.2 Å². The summed E-state index contributed by atoms with van der Waals surface area (Å²) in [6.07, 6.45) is 47.0. The van der Waals surface area contributed by atoms with Crippen molar-refractivity contribution < 1.29 is 39.8 Å². The molecule has 0 saturated carbocycles. The Bertz CT molecular complexity index is 997. The number of ether oxygens (including phenoxy) is 2. The molecule has 63 heavy (non-hydrogen) atoms. The van der Waals surface area contributed by atoms with E-state index in [1.807, 2.05) is 6.08 Å². The maximum absolute atomic E-state index is 13.0. The third-order valence-corrected chi connectivity index (χ3v) is 13.4. The minimum atomic E-state index is -1.56. The van der Waals surface area contributed by atoms with Gasteiger partial charge in [0.25, 0.3) is 0 Å². The first-order chi connectivity index (χ1) is 30.8. The number of allylic oxidation sites excluding steroid dienone is 1. The van der Waals surface area contributed by atoms with E-state index in [0.29, 0.717) is 6.42 Å². The van der Waals surface area contributed by atoms with Gasteiger partial charge in [0.15, 0.2) is 6.29 Å². The Kier molecular flexibility index (Phi) is 42.6. The Morgan fingerprint density at radius 2 is 0.873 bits per heavy atom. The van der Waals surface area contributed by atoms with Crippen LogP contribution in [0.3, 0.4) is 0 Å². The van der Waals surface area contributed by atoms with Crippen LogP contribution in [0.25, 0.3) is 0 Å². The third kappa shape index (κ3) is 34.8. The molecular weight excluding hydrogens is 791 g/mol. The Morgan fingerprint density at radius 3 is 1.24 bits per heavy atom. The molecule has 0 radical (unpaired) electrons. The molecule has 9 heteroatoms. The van der Waals surface area contributed by atoms with Gasteiger partial charge < -0.3 is 40.3 Å². The fraction of sp³-hybridized carbons (Fsp3) is 0.944. The molecule has 374 valence electrons. The first kappa shape index (κ1) is 59.9. The van der Waals surface area contributed by atoms with E-state index in [1.54, 1.807) is 6.08 Å². The van der Waals surface area contributed by atoms with Crippen molar-refractivity contribution in [1.29, 1.82) is 0 Å². The minimum Gasteiger partial charge on any atom is -0.394 e. The molecule has 0 aromatic rings.